The summed E-state index contributed by atoms with van der Waals surface area (Å²) in [6.07, 6.45) is 4.03. The molecule has 4 heteroatoms. The van der Waals surface area contributed by atoms with Gasteiger partial charge in [0.15, 0.2) is 0 Å². The molecule has 0 unspecified atom stereocenters. The molecule has 1 amide bonds. The lowest BCUT2D eigenvalue weighted by Gasteiger charge is -2.30. The normalized spacial score (nSPS) is 12.9. The van der Waals surface area contributed by atoms with Crippen LogP contribution in [-0.2, 0) is 4.74 Å². The Kier molecular flexibility index (Phi) is 8.00. The van der Waals surface area contributed by atoms with Crippen LogP contribution < -0.4 is 0 Å². The number of amides is 1. The van der Waals surface area contributed by atoms with Gasteiger partial charge in [0.1, 0.15) is 5.60 Å². The molecule has 0 atom stereocenters. The third kappa shape index (κ3) is 7.69. The molecule has 0 aromatic rings. The molecule has 4 nitrogen and oxygen atoms in total. The molecule has 0 aliphatic heterocycles. The fraction of sp³-hybridized carbons (Fsp3) is 0.647. The van der Waals surface area contributed by atoms with Crippen molar-refractivity contribution in [3.8, 4) is 0 Å². The molecule has 21 heavy (non-hydrogen) atoms. The third-order valence-corrected chi connectivity index (χ3v) is 2.66. The molecule has 0 N–H and O–H groups in total. The predicted octanol–water partition coefficient (Wildman–Crippen LogP) is 4.43. The molecule has 0 fully saturated rings. The maximum atomic E-state index is 12.4. The van der Waals surface area contributed by atoms with E-state index in [1.54, 1.807) is 18.2 Å². The van der Waals surface area contributed by atoms with Crippen LogP contribution >= 0.6 is 0 Å². The van der Waals surface area contributed by atoms with Crippen molar-refractivity contribution >= 4 is 12.3 Å². The number of hydrogen-bond acceptors (Lipinski definition) is 3. The Labute approximate surface area is 129 Å². The van der Waals surface area contributed by atoms with E-state index in [2.05, 4.69) is 25.4 Å². The SMILES string of the molecule is C=C(/C(=C/C=NC)CC)N(CC(C)C)C(=O)OC(C)(C)C. The highest BCUT2D eigenvalue weighted by molar-refractivity contribution is 5.76. The second-order valence-corrected chi connectivity index (χ2v) is 6.38. The van der Waals surface area contributed by atoms with Gasteiger partial charge in [-0.2, -0.15) is 0 Å². The van der Waals surface area contributed by atoms with Crippen molar-refractivity contribution in [2.45, 2.75) is 53.6 Å². The maximum Gasteiger partial charge on any atom is 0.414 e. The smallest absolute Gasteiger partial charge is 0.414 e. The van der Waals surface area contributed by atoms with Gasteiger partial charge in [-0.3, -0.25) is 9.89 Å². The Morgan fingerprint density at radius 2 is 1.95 bits per heavy atom. The molecule has 0 rings (SSSR count). The first-order chi connectivity index (χ1) is 9.62. The molecular weight excluding hydrogens is 264 g/mol. The molecular formula is C17H30N2O2. The summed E-state index contributed by atoms with van der Waals surface area (Å²) in [5.74, 6) is 0.326. The van der Waals surface area contributed by atoms with E-state index in [9.17, 15) is 4.79 Å². The fourth-order valence-electron chi connectivity index (χ4n) is 1.73. The molecule has 0 saturated heterocycles. The Hall–Kier alpha value is -1.58. The van der Waals surface area contributed by atoms with Gasteiger partial charge in [0.25, 0.3) is 0 Å². The van der Waals surface area contributed by atoms with E-state index in [4.69, 9.17) is 4.74 Å². The molecule has 120 valence electrons. The minimum absolute atomic E-state index is 0.326. The van der Waals surface area contributed by atoms with Gasteiger partial charge in [0, 0.05) is 25.5 Å². The number of rotatable bonds is 6. The van der Waals surface area contributed by atoms with E-state index in [1.807, 2.05) is 33.8 Å². The first-order valence-electron chi connectivity index (χ1n) is 7.43. The second-order valence-electron chi connectivity index (χ2n) is 6.38. The van der Waals surface area contributed by atoms with Crippen LogP contribution in [0.2, 0.25) is 0 Å². The topological polar surface area (TPSA) is 41.9 Å². The minimum Gasteiger partial charge on any atom is -0.443 e. The van der Waals surface area contributed by atoms with Crippen molar-refractivity contribution in [2.75, 3.05) is 13.6 Å². The quantitative estimate of drug-likeness (QED) is 0.537. The van der Waals surface area contributed by atoms with Crippen LogP contribution in [-0.4, -0.2) is 36.4 Å². The monoisotopic (exact) mass is 294 g/mol. The zero-order valence-corrected chi connectivity index (χ0v) is 14.6. The highest BCUT2D eigenvalue weighted by Gasteiger charge is 2.25. The van der Waals surface area contributed by atoms with Crippen LogP contribution in [0, 0.1) is 5.92 Å². The highest BCUT2D eigenvalue weighted by atomic mass is 16.6. The van der Waals surface area contributed by atoms with Crippen molar-refractivity contribution < 1.29 is 9.53 Å². The molecule has 0 aromatic heterocycles. The second kappa shape index (κ2) is 8.65. The van der Waals surface area contributed by atoms with Crippen LogP contribution in [0.3, 0.4) is 0 Å². The summed E-state index contributed by atoms with van der Waals surface area (Å²) in [4.78, 5) is 18.0. The Bertz CT molecular complexity index is 415. The number of hydrogen-bond donors (Lipinski definition) is 0. The van der Waals surface area contributed by atoms with Crippen molar-refractivity contribution in [1.82, 2.24) is 4.90 Å². The molecule has 0 bridgehead atoms. The zero-order chi connectivity index (χ0) is 16.6. The van der Waals surface area contributed by atoms with Crippen molar-refractivity contribution in [3.63, 3.8) is 0 Å². The van der Waals surface area contributed by atoms with Crippen LogP contribution in [0.25, 0.3) is 0 Å². The standard InChI is InChI=1S/C17H30N2O2/c1-9-15(10-11-18-8)14(4)19(12-13(2)3)16(20)21-17(5,6)7/h10-11,13H,4,9,12H2,1-3,5-8H3/b15-10+,18-11?. The molecule has 0 aliphatic rings. The van der Waals surface area contributed by atoms with Crippen LogP contribution in [0.4, 0.5) is 4.79 Å². The number of ether oxygens (including phenoxy) is 1. The van der Waals surface area contributed by atoms with Crippen molar-refractivity contribution in [3.05, 3.63) is 23.9 Å². The lowest BCUT2D eigenvalue weighted by atomic mass is 10.1. The molecule has 0 heterocycles. The fourth-order valence-corrected chi connectivity index (χ4v) is 1.73. The van der Waals surface area contributed by atoms with Gasteiger partial charge in [0.2, 0.25) is 0 Å². The lowest BCUT2D eigenvalue weighted by molar-refractivity contribution is 0.0300. The molecule has 0 aliphatic carbocycles. The molecule has 0 spiro atoms. The van der Waals surface area contributed by atoms with Crippen LogP contribution in [0.15, 0.2) is 28.9 Å². The van der Waals surface area contributed by atoms with E-state index in [0.717, 1.165) is 12.0 Å². The van der Waals surface area contributed by atoms with Gasteiger partial charge in [-0.1, -0.05) is 27.4 Å². The van der Waals surface area contributed by atoms with Gasteiger partial charge in [0.05, 0.1) is 0 Å². The summed E-state index contributed by atoms with van der Waals surface area (Å²) >= 11 is 0. The number of allylic oxidation sites excluding steroid dienone is 2. The van der Waals surface area contributed by atoms with Gasteiger partial charge < -0.3 is 4.74 Å². The van der Waals surface area contributed by atoms with E-state index in [1.165, 1.54) is 0 Å². The minimum atomic E-state index is -0.520. The Morgan fingerprint density at radius 3 is 2.33 bits per heavy atom. The van der Waals surface area contributed by atoms with E-state index >= 15 is 0 Å². The molecule has 0 radical (unpaired) electrons. The third-order valence-electron chi connectivity index (χ3n) is 2.66. The van der Waals surface area contributed by atoms with Crippen LogP contribution in [0.1, 0.15) is 48.0 Å². The number of carbonyl (C=O) groups excluding carboxylic acids is 1. The first kappa shape index (κ1) is 19.4. The summed E-state index contributed by atoms with van der Waals surface area (Å²) in [6.45, 7) is 16.4. The molecule has 0 saturated carbocycles. The Balaban J connectivity index is 5.31. The van der Waals surface area contributed by atoms with E-state index in [0.29, 0.717) is 18.2 Å². The summed E-state index contributed by atoms with van der Waals surface area (Å²) < 4.78 is 5.49. The first-order valence-corrected chi connectivity index (χ1v) is 7.43. The summed E-state index contributed by atoms with van der Waals surface area (Å²) in [6, 6.07) is 0. The number of aliphatic imine (C=N–C) groups is 1. The zero-order valence-electron chi connectivity index (χ0n) is 14.6. The summed E-state index contributed by atoms with van der Waals surface area (Å²) in [5, 5.41) is 0. The van der Waals surface area contributed by atoms with E-state index in [-0.39, 0.29) is 6.09 Å². The number of carbonyl (C=O) groups is 1. The van der Waals surface area contributed by atoms with Gasteiger partial charge in [-0.15, -0.1) is 0 Å². The lowest BCUT2D eigenvalue weighted by Crippen LogP contribution is -2.38. The summed E-state index contributed by atoms with van der Waals surface area (Å²) in [7, 11) is 1.71. The van der Waals surface area contributed by atoms with Gasteiger partial charge in [-0.25, -0.2) is 4.79 Å². The summed E-state index contributed by atoms with van der Waals surface area (Å²) in [5.41, 5.74) is 1.14. The van der Waals surface area contributed by atoms with Crippen LogP contribution in [0.5, 0.6) is 0 Å². The van der Waals surface area contributed by atoms with E-state index < -0.39 is 5.60 Å². The highest BCUT2D eigenvalue weighted by Crippen LogP contribution is 2.21. The molecule has 0 aromatic carbocycles. The largest absolute Gasteiger partial charge is 0.443 e. The predicted molar refractivity (Wildman–Crippen MR) is 89.7 cm³/mol. The van der Waals surface area contributed by atoms with Crippen molar-refractivity contribution in [2.24, 2.45) is 10.9 Å². The van der Waals surface area contributed by atoms with Gasteiger partial charge in [-0.05, 0) is 44.8 Å². The number of nitrogens with zero attached hydrogens (tertiary/aromatic N) is 2. The average molecular weight is 294 g/mol. The average Bonchev–Trinajstić information content (AvgIpc) is 2.34. The van der Waals surface area contributed by atoms with Gasteiger partial charge >= 0.3 is 6.09 Å². The Morgan fingerprint density at radius 1 is 1.38 bits per heavy atom. The maximum absolute atomic E-state index is 12.4. The van der Waals surface area contributed by atoms with Crippen molar-refractivity contribution in [1.29, 1.82) is 0 Å².